The average Bonchev–Trinajstić information content (AvgIpc) is 3.25. The predicted octanol–water partition coefficient (Wildman–Crippen LogP) is 6.32. The summed E-state index contributed by atoms with van der Waals surface area (Å²) >= 11 is 4.97. The monoisotopic (exact) mass is 527 g/mol. The number of halogens is 1. The van der Waals surface area contributed by atoms with Gasteiger partial charge in [-0.25, -0.2) is 9.59 Å². The zero-order valence-electron chi connectivity index (χ0n) is 18.3. The van der Waals surface area contributed by atoms with Crippen LogP contribution in [0, 0.1) is 5.92 Å². The molecule has 1 saturated heterocycles. The van der Waals surface area contributed by atoms with Crippen molar-refractivity contribution in [2.24, 2.45) is 5.92 Å². The third kappa shape index (κ3) is 5.94. The first-order valence-electron chi connectivity index (χ1n) is 10.9. The number of carbonyl (C=O) groups is 2. The lowest BCUT2D eigenvalue weighted by Gasteiger charge is -2.32. The van der Waals surface area contributed by atoms with Crippen LogP contribution in [0.5, 0.6) is 0 Å². The summed E-state index contributed by atoms with van der Waals surface area (Å²) in [6, 6.07) is 19.5. The molecular weight excluding hydrogens is 502 g/mol. The molecule has 2 N–H and O–H groups in total. The van der Waals surface area contributed by atoms with Gasteiger partial charge in [0.2, 0.25) is 0 Å². The molecule has 1 aliphatic heterocycles. The molecule has 2 aromatic carbocycles. The van der Waals surface area contributed by atoms with Crippen LogP contribution >= 0.6 is 27.3 Å². The lowest BCUT2D eigenvalue weighted by Crippen LogP contribution is -2.42. The van der Waals surface area contributed by atoms with E-state index in [9.17, 15) is 9.59 Å². The Morgan fingerprint density at radius 3 is 2.52 bits per heavy atom. The summed E-state index contributed by atoms with van der Waals surface area (Å²) in [4.78, 5) is 27.8. The fourth-order valence-corrected chi connectivity index (χ4v) is 5.68. The Bertz CT molecular complexity index is 1110. The Hall–Kier alpha value is -2.84. The Kier molecular flexibility index (Phi) is 7.67. The third-order valence-electron chi connectivity index (χ3n) is 5.72. The number of rotatable bonds is 6. The zero-order valence-corrected chi connectivity index (χ0v) is 20.7. The highest BCUT2D eigenvalue weighted by Gasteiger charge is 2.23. The number of likely N-dealkylation sites (tertiary alicyclic amines) is 1. The van der Waals surface area contributed by atoms with Crippen LogP contribution in [0.2, 0.25) is 0 Å². The Balaban J connectivity index is 1.30. The number of hydrogen-bond acceptors (Lipinski definition) is 5. The van der Waals surface area contributed by atoms with Crippen molar-refractivity contribution in [3.05, 3.63) is 70.0 Å². The molecule has 8 heteroatoms. The number of piperidine rings is 1. The summed E-state index contributed by atoms with van der Waals surface area (Å²) in [7, 11) is 1.39. The van der Waals surface area contributed by atoms with Crippen LogP contribution in [0.1, 0.15) is 22.5 Å². The second-order valence-corrected chi connectivity index (χ2v) is 9.87. The SMILES string of the molecule is COC(=O)c1cc(Br)c(-c2cccc(NCC3CCN(C(=O)Nc4ccccc4)CC3)c2)s1. The first-order chi connectivity index (χ1) is 16.0. The van der Waals surface area contributed by atoms with Gasteiger partial charge in [-0.2, -0.15) is 0 Å². The summed E-state index contributed by atoms with van der Waals surface area (Å²) < 4.78 is 5.71. The molecule has 1 fully saturated rings. The number of anilines is 2. The number of nitrogens with one attached hydrogen (secondary N) is 2. The van der Waals surface area contributed by atoms with Gasteiger partial charge in [0.25, 0.3) is 0 Å². The van der Waals surface area contributed by atoms with E-state index in [1.54, 1.807) is 6.07 Å². The molecule has 0 spiro atoms. The molecule has 2 amide bonds. The molecule has 0 atom stereocenters. The number of benzene rings is 2. The molecule has 0 bridgehead atoms. The van der Waals surface area contributed by atoms with E-state index in [0.29, 0.717) is 10.8 Å². The van der Waals surface area contributed by atoms with Crippen molar-refractivity contribution in [3.63, 3.8) is 0 Å². The number of urea groups is 1. The van der Waals surface area contributed by atoms with E-state index in [1.807, 2.05) is 47.4 Å². The van der Waals surface area contributed by atoms with Crippen LogP contribution < -0.4 is 10.6 Å². The van der Waals surface area contributed by atoms with Crippen molar-refractivity contribution in [2.75, 3.05) is 37.4 Å². The molecular formula is C25H26BrN3O3S. The fraction of sp³-hybridized carbons (Fsp3) is 0.280. The van der Waals surface area contributed by atoms with E-state index < -0.39 is 0 Å². The lowest BCUT2D eigenvalue weighted by atomic mass is 9.97. The summed E-state index contributed by atoms with van der Waals surface area (Å²) in [5.41, 5.74) is 2.90. The first kappa shape index (κ1) is 23.3. The third-order valence-corrected chi connectivity index (χ3v) is 7.77. The van der Waals surface area contributed by atoms with E-state index in [-0.39, 0.29) is 12.0 Å². The predicted molar refractivity (Wildman–Crippen MR) is 137 cm³/mol. The van der Waals surface area contributed by atoms with Gasteiger partial charge < -0.3 is 20.3 Å². The first-order valence-corrected chi connectivity index (χ1v) is 12.5. The zero-order chi connectivity index (χ0) is 23.2. The van der Waals surface area contributed by atoms with Crippen LogP contribution in [0.15, 0.2) is 65.1 Å². The standard InChI is InChI=1S/C25H26BrN3O3S/c1-32-24(30)22-15-21(26)23(33-22)18-6-5-9-20(14-18)27-16-17-10-12-29(13-11-17)25(31)28-19-7-3-2-4-8-19/h2-9,14-15,17,27H,10-13,16H2,1H3,(H,28,31). The quantitative estimate of drug-likeness (QED) is 0.368. The minimum Gasteiger partial charge on any atom is -0.465 e. The van der Waals surface area contributed by atoms with Crippen LogP contribution in [0.3, 0.4) is 0 Å². The molecule has 1 aromatic heterocycles. The fourth-order valence-electron chi connectivity index (χ4n) is 3.86. The van der Waals surface area contributed by atoms with Gasteiger partial charge in [0, 0.05) is 40.4 Å². The van der Waals surface area contributed by atoms with Crippen molar-refractivity contribution in [1.29, 1.82) is 0 Å². The molecule has 3 aromatic rings. The number of thiophene rings is 1. The smallest absolute Gasteiger partial charge is 0.348 e. The molecule has 33 heavy (non-hydrogen) atoms. The van der Waals surface area contributed by atoms with Crippen LogP contribution in [-0.2, 0) is 4.74 Å². The van der Waals surface area contributed by atoms with Crippen molar-refractivity contribution in [2.45, 2.75) is 12.8 Å². The lowest BCUT2D eigenvalue weighted by molar-refractivity contribution is 0.0606. The Morgan fingerprint density at radius 1 is 1.06 bits per heavy atom. The van der Waals surface area contributed by atoms with Gasteiger partial charge in [-0.1, -0.05) is 30.3 Å². The second-order valence-electron chi connectivity index (χ2n) is 7.97. The topological polar surface area (TPSA) is 70.7 Å². The number of methoxy groups -OCH3 is 1. The maximum absolute atomic E-state index is 12.5. The maximum atomic E-state index is 12.5. The molecule has 0 radical (unpaired) electrons. The summed E-state index contributed by atoms with van der Waals surface area (Å²) in [6.45, 7) is 2.36. The van der Waals surface area contributed by atoms with Gasteiger partial charge in [0.15, 0.2) is 0 Å². The van der Waals surface area contributed by atoms with Crippen LogP contribution in [0.25, 0.3) is 10.4 Å². The normalized spacial score (nSPS) is 14.1. The minimum atomic E-state index is -0.329. The number of ether oxygens (including phenoxy) is 1. The van der Waals surface area contributed by atoms with Crippen LogP contribution in [-0.4, -0.2) is 43.6 Å². The molecule has 0 unspecified atom stereocenters. The maximum Gasteiger partial charge on any atom is 0.348 e. The van der Waals surface area contributed by atoms with Gasteiger partial charge in [0.1, 0.15) is 4.88 Å². The second kappa shape index (κ2) is 10.9. The van der Waals surface area contributed by atoms with E-state index >= 15 is 0 Å². The molecule has 0 saturated carbocycles. The number of nitrogens with zero attached hydrogens (tertiary/aromatic N) is 1. The van der Waals surface area contributed by atoms with Crippen molar-refractivity contribution < 1.29 is 14.3 Å². The largest absolute Gasteiger partial charge is 0.465 e. The van der Waals surface area contributed by atoms with Crippen molar-refractivity contribution in [1.82, 2.24) is 4.90 Å². The van der Waals surface area contributed by atoms with E-state index in [4.69, 9.17) is 4.74 Å². The summed E-state index contributed by atoms with van der Waals surface area (Å²) in [6.07, 6.45) is 1.93. The van der Waals surface area contributed by atoms with Gasteiger partial charge >= 0.3 is 12.0 Å². The molecule has 0 aliphatic carbocycles. The average molecular weight is 528 g/mol. The molecule has 1 aliphatic rings. The number of hydrogen-bond donors (Lipinski definition) is 2. The van der Waals surface area contributed by atoms with Crippen molar-refractivity contribution >= 4 is 50.6 Å². The van der Waals surface area contributed by atoms with Crippen LogP contribution in [0.4, 0.5) is 16.2 Å². The highest BCUT2D eigenvalue weighted by atomic mass is 79.9. The van der Waals surface area contributed by atoms with Gasteiger partial charge in [0.05, 0.1) is 7.11 Å². The number of amides is 2. The minimum absolute atomic E-state index is 0.0341. The molecule has 172 valence electrons. The highest BCUT2D eigenvalue weighted by Crippen LogP contribution is 2.37. The van der Waals surface area contributed by atoms with Gasteiger partial charge in [-0.15, -0.1) is 11.3 Å². The summed E-state index contributed by atoms with van der Waals surface area (Å²) in [5, 5.41) is 6.51. The Morgan fingerprint density at radius 2 is 1.79 bits per heavy atom. The highest BCUT2D eigenvalue weighted by molar-refractivity contribution is 9.10. The number of esters is 1. The Labute approximate surface area is 206 Å². The van der Waals surface area contributed by atoms with Crippen molar-refractivity contribution in [3.8, 4) is 10.4 Å². The van der Waals surface area contributed by atoms with Gasteiger partial charge in [-0.05, 0) is 70.6 Å². The van der Waals surface area contributed by atoms with E-state index in [1.165, 1.54) is 18.4 Å². The van der Waals surface area contributed by atoms with E-state index in [2.05, 4.69) is 38.7 Å². The molecule has 2 heterocycles. The molecule has 6 nitrogen and oxygen atoms in total. The summed E-state index contributed by atoms with van der Waals surface area (Å²) in [5.74, 6) is 0.179. The number of carbonyl (C=O) groups excluding carboxylic acids is 2. The van der Waals surface area contributed by atoms with E-state index in [0.717, 1.165) is 58.8 Å². The van der Waals surface area contributed by atoms with Gasteiger partial charge in [-0.3, -0.25) is 0 Å². The molecule has 4 rings (SSSR count). The number of para-hydroxylation sites is 1.